The van der Waals surface area contributed by atoms with Crippen LogP contribution in [0.25, 0.3) is 0 Å². The summed E-state index contributed by atoms with van der Waals surface area (Å²) < 4.78 is 0. The Hall–Kier alpha value is -1.28. The van der Waals surface area contributed by atoms with Gasteiger partial charge < -0.3 is 10.2 Å². The fourth-order valence-electron chi connectivity index (χ4n) is 2.35. The lowest BCUT2D eigenvalue weighted by Crippen LogP contribution is -2.20. The monoisotopic (exact) mass is 230 g/mol. The molecular formula is C15H22N2. The third-order valence-corrected chi connectivity index (χ3v) is 3.59. The van der Waals surface area contributed by atoms with Gasteiger partial charge in [-0.1, -0.05) is 24.3 Å². The molecule has 0 spiro atoms. The van der Waals surface area contributed by atoms with Crippen molar-refractivity contribution in [2.45, 2.75) is 26.3 Å². The van der Waals surface area contributed by atoms with Crippen LogP contribution in [0.2, 0.25) is 0 Å². The van der Waals surface area contributed by atoms with Crippen LogP contribution in [-0.4, -0.2) is 20.1 Å². The highest BCUT2D eigenvalue weighted by Crippen LogP contribution is 2.30. The van der Waals surface area contributed by atoms with Crippen molar-refractivity contribution in [3.05, 3.63) is 41.5 Å². The summed E-state index contributed by atoms with van der Waals surface area (Å²) in [4.78, 5) is 2.45. The van der Waals surface area contributed by atoms with Gasteiger partial charge in [-0.3, -0.25) is 0 Å². The molecule has 0 aliphatic carbocycles. The summed E-state index contributed by atoms with van der Waals surface area (Å²) in [6, 6.07) is 7.31. The van der Waals surface area contributed by atoms with Crippen LogP contribution in [0.5, 0.6) is 0 Å². The van der Waals surface area contributed by atoms with E-state index in [1.165, 1.54) is 23.2 Å². The highest BCUT2D eigenvalue weighted by Gasteiger charge is 2.18. The zero-order chi connectivity index (χ0) is 12.3. The summed E-state index contributed by atoms with van der Waals surface area (Å²) in [7, 11) is 2.01. The van der Waals surface area contributed by atoms with E-state index >= 15 is 0 Å². The van der Waals surface area contributed by atoms with Gasteiger partial charge in [0.1, 0.15) is 0 Å². The summed E-state index contributed by atoms with van der Waals surface area (Å²) in [6.45, 7) is 6.46. The van der Waals surface area contributed by atoms with Gasteiger partial charge in [0.25, 0.3) is 0 Å². The number of allylic oxidation sites excluding steroid dienone is 1. The second-order valence-corrected chi connectivity index (χ2v) is 4.66. The maximum absolute atomic E-state index is 3.29. The van der Waals surface area contributed by atoms with E-state index in [4.69, 9.17) is 0 Å². The highest BCUT2D eigenvalue weighted by molar-refractivity contribution is 5.59. The van der Waals surface area contributed by atoms with Crippen LogP contribution in [0, 0.1) is 0 Å². The molecule has 1 aromatic carbocycles. The molecule has 2 rings (SSSR count). The average Bonchev–Trinajstić information content (AvgIpc) is 2.77. The molecule has 17 heavy (non-hydrogen) atoms. The van der Waals surface area contributed by atoms with E-state index in [1.807, 2.05) is 7.05 Å². The van der Waals surface area contributed by atoms with Gasteiger partial charge in [-0.2, -0.15) is 0 Å². The Morgan fingerprint density at radius 3 is 3.00 bits per heavy atom. The lowest BCUT2D eigenvalue weighted by Gasteiger charge is -2.18. The predicted octanol–water partition coefficient (Wildman–Crippen LogP) is 2.91. The van der Waals surface area contributed by atoms with E-state index in [-0.39, 0.29) is 0 Å². The molecule has 1 unspecified atom stereocenters. The summed E-state index contributed by atoms with van der Waals surface area (Å²) in [5.74, 6) is 0. The van der Waals surface area contributed by atoms with Gasteiger partial charge in [0.15, 0.2) is 0 Å². The van der Waals surface area contributed by atoms with Crippen molar-refractivity contribution >= 4 is 5.69 Å². The topological polar surface area (TPSA) is 15.3 Å². The number of fused-ring (bicyclic) bond motifs is 1. The summed E-state index contributed by atoms with van der Waals surface area (Å²) in [5.41, 5.74) is 4.29. The van der Waals surface area contributed by atoms with Crippen molar-refractivity contribution in [3.63, 3.8) is 0 Å². The maximum Gasteiger partial charge on any atom is 0.0402 e. The van der Waals surface area contributed by atoms with Crippen LogP contribution in [0.1, 0.15) is 31.0 Å². The Morgan fingerprint density at radius 2 is 2.29 bits per heavy atom. The van der Waals surface area contributed by atoms with Crippen LogP contribution < -0.4 is 10.2 Å². The smallest absolute Gasteiger partial charge is 0.0402 e. The Morgan fingerprint density at radius 1 is 1.47 bits per heavy atom. The Balaban J connectivity index is 2.19. The zero-order valence-electron chi connectivity index (χ0n) is 11.0. The van der Waals surface area contributed by atoms with Crippen molar-refractivity contribution in [2.24, 2.45) is 0 Å². The molecule has 0 fully saturated rings. The first-order valence-corrected chi connectivity index (χ1v) is 6.42. The number of anilines is 1. The third-order valence-electron chi connectivity index (χ3n) is 3.59. The molecule has 0 aromatic heterocycles. The number of nitrogens with zero attached hydrogens (tertiary/aromatic N) is 1. The number of benzene rings is 1. The molecule has 1 N–H and O–H groups in total. The lowest BCUT2D eigenvalue weighted by molar-refractivity contribution is 0.652. The number of nitrogens with one attached hydrogen (secondary N) is 1. The summed E-state index contributed by atoms with van der Waals surface area (Å²) in [5, 5.41) is 3.29. The van der Waals surface area contributed by atoms with Crippen molar-refractivity contribution in [1.82, 2.24) is 5.32 Å². The van der Waals surface area contributed by atoms with Crippen LogP contribution in [0.15, 0.2) is 30.4 Å². The van der Waals surface area contributed by atoms with E-state index in [0.717, 1.165) is 13.1 Å². The molecule has 0 saturated carbocycles. The Kier molecular flexibility index (Phi) is 3.85. The number of hydrogen-bond acceptors (Lipinski definition) is 2. The van der Waals surface area contributed by atoms with Crippen LogP contribution >= 0.6 is 0 Å². The van der Waals surface area contributed by atoms with Gasteiger partial charge in [-0.05, 0) is 44.5 Å². The Labute approximate surface area is 104 Å². The van der Waals surface area contributed by atoms with Crippen LogP contribution in [0.4, 0.5) is 5.69 Å². The lowest BCUT2D eigenvalue weighted by atomic mass is 10.0. The van der Waals surface area contributed by atoms with Gasteiger partial charge in [-0.25, -0.2) is 0 Å². The van der Waals surface area contributed by atoms with Crippen molar-refractivity contribution < 1.29 is 0 Å². The van der Waals surface area contributed by atoms with E-state index in [9.17, 15) is 0 Å². The third kappa shape index (κ3) is 2.52. The number of hydrogen-bond donors (Lipinski definition) is 1. The standard InChI is InChI=1S/C15H22N2/c1-4-5-9-17-10-8-14-11-13(12(2)16-3)6-7-15(14)17/h4-7,11-12,16H,8-10H2,1-3H3/b5-4+. The molecule has 1 aliphatic heterocycles. The molecule has 0 bridgehead atoms. The van der Waals surface area contributed by atoms with Crippen molar-refractivity contribution in [2.75, 3.05) is 25.0 Å². The van der Waals surface area contributed by atoms with Crippen LogP contribution in [-0.2, 0) is 6.42 Å². The van der Waals surface area contributed by atoms with E-state index in [0.29, 0.717) is 6.04 Å². The fraction of sp³-hybridized carbons (Fsp3) is 0.467. The predicted molar refractivity (Wildman–Crippen MR) is 74.6 cm³/mol. The van der Waals surface area contributed by atoms with E-state index in [1.54, 1.807) is 0 Å². The van der Waals surface area contributed by atoms with E-state index < -0.39 is 0 Å². The maximum atomic E-state index is 3.29. The highest BCUT2D eigenvalue weighted by atomic mass is 15.1. The van der Waals surface area contributed by atoms with Gasteiger partial charge in [0.2, 0.25) is 0 Å². The molecule has 1 aromatic rings. The minimum atomic E-state index is 0.435. The molecule has 2 heteroatoms. The minimum absolute atomic E-state index is 0.435. The minimum Gasteiger partial charge on any atom is -0.367 e. The molecule has 1 heterocycles. The second-order valence-electron chi connectivity index (χ2n) is 4.66. The molecule has 1 aliphatic rings. The fourth-order valence-corrected chi connectivity index (χ4v) is 2.35. The first-order chi connectivity index (χ1) is 8.26. The van der Waals surface area contributed by atoms with E-state index in [2.05, 4.69) is 54.4 Å². The van der Waals surface area contributed by atoms with Crippen molar-refractivity contribution in [1.29, 1.82) is 0 Å². The van der Waals surface area contributed by atoms with Gasteiger partial charge in [-0.15, -0.1) is 0 Å². The zero-order valence-corrected chi connectivity index (χ0v) is 11.0. The van der Waals surface area contributed by atoms with Crippen molar-refractivity contribution in [3.8, 4) is 0 Å². The van der Waals surface area contributed by atoms with Gasteiger partial charge in [0.05, 0.1) is 0 Å². The molecule has 0 saturated heterocycles. The average molecular weight is 230 g/mol. The largest absolute Gasteiger partial charge is 0.367 e. The molecule has 0 radical (unpaired) electrons. The summed E-state index contributed by atoms with van der Waals surface area (Å²) >= 11 is 0. The van der Waals surface area contributed by atoms with Gasteiger partial charge >= 0.3 is 0 Å². The SMILES string of the molecule is C/C=C/CN1CCc2cc(C(C)NC)ccc21. The van der Waals surface area contributed by atoms with Crippen LogP contribution in [0.3, 0.4) is 0 Å². The first kappa shape index (κ1) is 12.2. The number of rotatable bonds is 4. The quantitative estimate of drug-likeness (QED) is 0.800. The van der Waals surface area contributed by atoms with Gasteiger partial charge in [0, 0.05) is 24.8 Å². The summed E-state index contributed by atoms with van der Waals surface area (Å²) in [6.07, 6.45) is 5.52. The first-order valence-electron chi connectivity index (χ1n) is 6.42. The molecule has 92 valence electrons. The molecule has 1 atom stereocenters. The molecule has 0 amide bonds. The normalized spacial score (nSPS) is 16.5. The molecular weight excluding hydrogens is 208 g/mol. The molecule has 2 nitrogen and oxygen atoms in total. The second kappa shape index (κ2) is 5.37. The Bertz CT molecular complexity index is 409.